The van der Waals surface area contributed by atoms with E-state index in [1.165, 1.54) is 11.8 Å². The van der Waals surface area contributed by atoms with Crippen LogP contribution in [-0.4, -0.2) is 57.1 Å². The number of benzene rings is 1. The Hall–Kier alpha value is -1.09. The molecule has 2 atom stereocenters. The minimum atomic E-state index is -3.50. The number of thioether (sulfide) groups is 1. The van der Waals surface area contributed by atoms with Gasteiger partial charge in [0.15, 0.2) is 0 Å². The summed E-state index contributed by atoms with van der Waals surface area (Å²) in [7, 11) is -3.50. The first kappa shape index (κ1) is 19.7. The summed E-state index contributed by atoms with van der Waals surface area (Å²) in [5, 5.41) is 6.19. The summed E-state index contributed by atoms with van der Waals surface area (Å²) >= 11 is 1.45. The summed E-state index contributed by atoms with van der Waals surface area (Å²) in [6.07, 6.45) is 5.56. The van der Waals surface area contributed by atoms with Crippen LogP contribution in [0.15, 0.2) is 34.1 Å². The second-order valence-corrected chi connectivity index (χ2v) is 9.67. The predicted octanol–water partition coefficient (Wildman–Crippen LogP) is 1.68. The molecule has 1 amide bonds. The molecule has 1 aromatic rings. The summed E-state index contributed by atoms with van der Waals surface area (Å²) in [5.74, 6) is 0.195. The SMILES string of the molecule is CSc1ccccc1S(=O)(=O)N1CCCC(CNC(=O)C2CCCN2)C1. The van der Waals surface area contributed by atoms with E-state index >= 15 is 0 Å². The molecule has 2 heterocycles. The van der Waals surface area contributed by atoms with Crippen LogP contribution in [0.2, 0.25) is 0 Å². The van der Waals surface area contributed by atoms with Gasteiger partial charge in [0, 0.05) is 24.5 Å². The Balaban J connectivity index is 1.63. The number of carbonyl (C=O) groups is 1. The summed E-state index contributed by atoms with van der Waals surface area (Å²) < 4.78 is 27.7. The number of nitrogens with one attached hydrogen (secondary N) is 2. The minimum Gasteiger partial charge on any atom is -0.354 e. The standard InChI is InChI=1S/C18H27N3O3S2/c1-25-16-8-2-3-9-17(16)26(23,24)21-11-5-6-14(13-21)12-20-18(22)15-7-4-10-19-15/h2-3,8-9,14-15,19H,4-7,10-13H2,1H3,(H,20,22). The molecule has 0 saturated carbocycles. The fraction of sp³-hybridized carbons (Fsp3) is 0.611. The first-order valence-corrected chi connectivity index (χ1v) is 11.8. The van der Waals surface area contributed by atoms with Crippen molar-refractivity contribution in [3.05, 3.63) is 24.3 Å². The molecule has 0 radical (unpaired) electrons. The smallest absolute Gasteiger partial charge is 0.244 e. The minimum absolute atomic E-state index is 0.0372. The Morgan fingerprint density at radius 2 is 2.12 bits per heavy atom. The maximum atomic E-state index is 13.1. The lowest BCUT2D eigenvalue weighted by molar-refractivity contribution is -0.123. The molecule has 2 aliphatic heterocycles. The Morgan fingerprint density at radius 1 is 1.31 bits per heavy atom. The second-order valence-electron chi connectivity index (χ2n) is 6.92. The molecule has 0 aliphatic carbocycles. The summed E-state index contributed by atoms with van der Waals surface area (Å²) in [4.78, 5) is 13.3. The van der Waals surface area contributed by atoms with Gasteiger partial charge in [-0.15, -0.1) is 11.8 Å². The summed E-state index contributed by atoms with van der Waals surface area (Å²) in [6, 6.07) is 7.05. The number of amides is 1. The van der Waals surface area contributed by atoms with E-state index in [9.17, 15) is 13.2 Å². The van der Waals surface area contributed by atoms with Crippen molar-refractivity contribution in [2.45, 2.75) is 41.5 Å². The summed E-state index contributed by atoms with van der Waals surface area (Å²) in [6.45, 7) is 2.43. The molecule has 2 saturated heterocycles. The van der Waals surface area contributed by atoms with E-state index in [1.54, 1.807) is 16.4 Å². The van der Waals surface area contributed by atoms with Gasteiger partial charge in [0.25, 0.3) is 0 Å². The van der Waals surface area contributed by atoms with Crippen LogP contribution < -0.4 is 10.6 Å². The number of hydrogen-bond acceptors (Lipinski definition) is 5. The van der Waals surface area contributed by atoms with E-state index in [4.69, 9.17) is 0 Å². The lowest BCUT2D eigenvalue weighted by Crippen LogP contribution is -2.46. The largest absolute Gasteiger partial charge is 0.354 e. The van der Waals surface area contributed by atoms with Crippen molar-refractivity contribution in [3.63, 3.8) is 0 Å². The van der Waals surface area contributed by atoms with E-state index in [-0.39, 0.29) is 17.9 Å². The Morgan fingerprint density at radius 3 is 2.85 bits per heavy atom. The van der Waals surface area contributed by atoms with Crippen LogP contribution in [0.25, 0.3) is 0 Å². The molecule has 2 aliphatic rings. The molecule has 8 heteroatoms. The molecule has 1 aromatic carbocycles. The zero-order valence-electron chi connectivity index (χ0n) is 15.1. The van der Waals surface area contributed by atoms with Crippen molar-refractivity contribution in [3.8, 4) is 0 Å². The third-order valence-corrected chi connectivity index (χ3v) is 7.96. The Kier molecular flexibility index (Phi) is 6.60. The van der Waals surface area contributed by atoms with Crippen molar-refractivity contribution in [2.75, 3.05) is 32.4 Å². The number of piperidine rings is 1. The zero-order chi connectivity index (χ0) is 18.6. The lowest BCUT2D eigenvalue weighted by atomic mass is 9.99. The molecule has 144 valence electrons. The first-order valence-electron chi connectivity index (χ1n) is 9.16. The third-order valence-electron chi connectivity index (χ3n) is 5.11. The lowest BCUT2D eigenvalue weighted by Gasteiger charge is -2.32. The van der Waals surface area contributed by atoms with Gasteiger partial charge in [0.05, 0.1) is 10.9 Å². The summed E-state index contributed by atoms with van der Waals surface area (Å²) in [5.41, 5.74) is 0. The van der Waals surface area contributed by atoms with Crippen LogP contribution >= 0.6 is 11.8 Å². The highest BCUT2D eigenvalue weighted by Crippen LogP contribution is 2.29. The maximum Gasteiger partial charge on any atom is 0.244 e. The average molecular weight is 398 g/mol. The fourth-order valence-corrected chi connectivity index (χ4v) is 6.34. The molecule has 2 unspecified atom stereocenters. The van der Waals surface area contributed by atoms with Crippen molar-refractivity contribution in [2.24, 2.45) is 5.92 Å². The van der Waals surface area contributed by atoms with Crippen LogP contribution in [0.4, 0.5) is 0 Å². The number of nitrogens with zero attached hydrogens (tertiary/aromatic N) is 1. The van der Waals surface area contributed by atoms with Crippen molar-refractivity contribution < 1.29 is 13.2 Å². The van der Waals surface area contributed by atoms with Crippen LogP contribution in [0.3, 0.4) is 0 Å². The molecular formula is C18H27N3O3S2. The van der Waals surface area contributed by atoms with Gasteiger partial charge in [-0.3, -0.25) is 4.79 Å². The third kappa shape index (κ3) is 4.42. The zero-order valence-corrected chi connectivity index (χ0v) is 16.7. The van der Waals surface area contributed by atoms with Crippen molar-refractivity contribution in [1.82, 2.24) is 14.9 Å². The van der Waals surface area contributed by atoms with Crippen LogP contribution in [-0.2, 0) is 14.8 Å². The normalized spacial score (nSPS) is 24.5. The van der Waals surface area contributed by atoms with E-state index in [2.05, 4.69) is 10.6 Å². The highest BCUT2D eigenvalue weighted by atomic mass is 32.2. The monoisotopic (exact) mass is 397 g/mol. The number of carbonyl (C=O) groups excluding carboxylic acids is 1. The van der Waals surface area contributed by atoms with Crippen LogP contribution in [0, 0.1) is 5.92 Å². The van der Waals surface area contributed by atoms with Gasteiger partial charge in [-0.2, -0.15) is 4.31 Å². The predicted molar refractivity (Wildman–Crippen MR) is 104 cm³/mol. The number of rotatable bonds is 6. The van der Waals surface area contributed by atoms with Crippen molar-refractivity contribution >= 4 is 27.7 Å². The molecule has 3 rings (SSSR count). The fourth-order valence-electron chi connectivity index (χ4n) is 3.66. The Labute approximate surface area is 160 Å². The average Bonchev–Trinajstić information content (AvgIpc) is 3.21. The molecule has 26 heavy (non-hydrogen) atoms. The molecule has 2 fully saturated rings. The van der Waals surface area contributed by atoms with Gasteiger partial charge in [-0.25, -0.2) is 8.42 Å². The highest BCUT2D eigenvalue weighted by molar-refractivity contribution is 7.99. The quantitative estimate of drug-likeness (QED) is 0.714. The van der Waals surface area contributed by atoms with E-state index in [0.29, 0.717) is 24.5 Å². The van der Waals surface area contributed by atoms with Crippen molar-refractivity contribution in [1.29, 1.82) is 0 Å². The van der Waals surface area contributed by atoms with E-state index < -0.39 is 10.0 Å². The van der Waals surface area contributed by atoms with Crippen LogP contribution in [0.1, 0.15) is 25.7 Å². The van der Waals surface area contributed by atoms with Crippen LogP contribution in [0.5, 0.6) is 0 Å². The molecular weight excluding hydrogens is 370 g/mol. The first-order chi connectivity index (χ1) is 12.5. The molecule has 0 aromatic heterocycles. The van der Waals surface area contributed by atoms with Gasteiger partial charge >= 0.3 is 0 Å². The maximum absolute atomic E-state index is 13.1. The molecule has 0 bridgehead atoms. The molecule has 2 N–H and O–H groups in total. The van der Waals surface area contributed by atoms with Gasteiger partial charge in [-0.1, -0.05) is 12.1 Å². The van der Waals surface area contributed by atoms with E-state index in [0.717, 1.165) is 37.1 Å². The van der Waals surface area contributed by atoms with E-state index in [1.807, 2.05) is 18.4 Å². The highest BCUT2D eigenvalue weighted by Gasteiger charge is 2.32. The Bertz CT molecular complexity index is 733. The van der Waals surface area contributed by atoms with Gasteiger partial charge in [-0.05, 0) is 56.5 Å². The molecule has 6 nitrogen and oxygen atoms in total. The number of sulfonamides is 1. The second kappa shape index (κ2) is 8.73. The molecule has 0 spiro atoms. The van der Waals surface area contributed by atoms with Gasteiger partial charge < -0.3 is 10.6 Å². The number of hydrogen-bond donors (Lipinski definition) is 2. The van der Waals surface area contributed by atoms with Gasteiger partial charge in [0.1, 0.15) is 0 Å². The topological polar surface area (TPSA) is 78.5 Å². The van der Waals surface area contributed by atoms with Gasteiger partial charge in [0.2, 0.25) is 15.9 Å².